The summed E-state index contributed by atoms with van der Waals surface area (Å²) in [5.74, 6) is 0.707. The molecular formula is C12H13ClN2O2S. The highest BCUT2D eigenvalue weighted by atomic mass is 35.7. The van der Waals surface area contributed by atoms with Crippen molar-refractivity contribution in [2.24, 2.45) is 0 Å². The van der Waals surface area contributed by atoms with Crippen molar-refractivity contribution in [2.45, 2.75) is 24.9 Å². The largest absolute Gasteiger partial charge is 0.329 e. The minimum absolute atomic E-state index is 0.0862. The Labute approximate surface area is 111 Å². The number of nitrogens with zero attached hydrogens (tertiary/aromatic N) is 2. The molecule has 0 amide bonds. The molecule has 1 heterocycles. The van der Waals surface area contributed by atoms with Crippen molar-refractivity contribution in [1.82, 2.24) is 9.55 Å². The maximum atomic E-state index is 11.3. The van der Waals surface area contributed by atoms with Crippen LogP contribution in [0.25, 0.3) is 0 Å². The highest BCUT2D eigenvalue weighted by Crippen LogP contribution is 2.16. The number of imidazole rings is 1. The minimum atomic E-state index is -3.77. The first-order chi connectivity index (χ1) is 8.50. The van der Waals surface area contributed by atoms with Crippen LogP contribution in [0.1, 0.15) is 18.3 Å². The van der Waals surface area contributed by atoms with Gasteiger partial charge in [0.1, 0.15) is 5.82 Å². The number of halogens is 1. The second-order valence-corrected chi connectivity index (χ2v) is 6.41. The van der Waals surface area contributed by atoms with Gasteiger partial charge in [0.05, 0.1) is 0 Å². The van der Waals surface area contributed by atoms with E-state index < -0.39 is 9.05 Å². The van der Waals surface area contributed by atoms with Crippen LogP contribution in [0.4, 0.5) is 0 Å². The molecule has 96 valence electrons. The monoisotopic (exact) mass is 284 g/mol. The van der Waals surface area contributed by atoms with Crippen LogP contribution < -0.4 is 0 Å². The van der Waals surface area contributed by atoms with Gasteiger partial charge in [-0.05, 0) is 5.56 Å². The lowest BCUT2D eigenvalue weighted by atomic mass is 10.2. The van der Waals surface area contributed by atoms with Gasteiger partial charge >= 0.3 is 0 Å². The molecule has 0 saturated carbocycles. The highest BCUT2D eigenvalue weighted by Gasteiger charge is 2.17. The van der Waals surface area contributed by atoms with E-state index in [4.69, 9.17) is 10.7 Å². The van der Waals surface area contributed by atoms with Gasteiger partial charge in [-0.2, -0.15) is 0 Å². The normalized spacial score (nSPS) is 11.7. The average Bonchev–Trinajstić information content (AvgIpc) is 2.73. The molecule has 0 bridgehead atoms. The van der Waals surface area contributed by atoms with Gasteiger partial charge in [-0.15, -0.1) is 0 Å². The van der Waals surface area contributed by atoms with E-state index in [0.29, 0.717) is 18.8 Å². The fourth-order valence-electron chi connectivity index (χ4n) is 1.74. The van der Waals surface area contributed by atoms with Gasteiger partial charge in [-0.1, -0.05) is 37.3 Å². The van der Waals surface area contributed by atoms with Crippen molar-refractivity contribution in [3.8, 4) is 0 Å². The quantitative estimate of drug-likeness (QED) is 0.810. The van der Waals surface area contributed by atoms with E-state index in [0.717, 1.165) is 5.56 Å². The van der Waals surface area contributed by atoms with Gasteiger partial charge < -0.3 is 4.57 Å². The minimum Gasteiger partial charge on any atom is -0.329 e. The van der Waals surface area contributed by atoms with Crippen molar-refractivity contribution >= 4 is 19.7 Å². The third-order valence-electron chi connectivity index (χ3n) is 2.60. The molecule has 1 aromatic heterocycles. The molecule has 0 spiro atoms. The summed E-state index contributed by atoms with van der Waals surface area (Å²) in [6.45, 7) is 2.51. The Bertz CT molecular complexity index is 635. The Kier molecular flexibility index (Phi) is 3.73. The molecule has 18 heavy (non-hydrogen) atoms. The smallest absolute Gasteiger partial charge is 0.280 e. The Hall–Kier alpha value is -1.33. The SMILES string of the molecule is CCc1nc(S(=O)(=O)Cl)cn1Cc1ccccc1. The molecule has 4 nitrogen and oxygen atoms in total. The molecule has 2 aromatic rings. The predicted octanol–water partition coefficient (Wildman–Crippen LogP) is 2.42. The van der Waals surface area contributed by atoms with E-state index in [2.05, 4.69) is 4.98 Å². The van der Waals surface area contributed by atoms with Gasteiger partial charge in [0, 0.05) is 29.8 Å². The van der Waals surface area contributed by atoms with Gasteiger partial charge in [-0.25, -0.2) is 13.4 Å². The number of benzene rings is 1. The molecule has 0 aliphatic heterocycles. The number of hydrogen-bond donors (Lipinski definition) is 0. The van der Waals surface area contributed by atoms with Crippen molar-refractivity contribution in [1.29, 1.82) is 0 Å². The van der Waals surface area contributed by atoms with E-state index >= 15 is 0 Å². The Morgan fingerprint density at radius 1 is 1.28 bits per heavy atom. The fourth-order valence-corrected chi connectivity index (χ4v) is 2.44. The van der Waals surface area contributed by atoms with Crippen molar-refractivity contribution in [3.63, 3.8) is 0 Å². The Morgan fingerprint density at radius 3 is 2.50 bits per heavy atom. The van der Waals surface area contributed by atoms with E-state index in [1.165, 1.54) is 6.20 Å². The second-order valence-electron chi connectivity index (χ2n) is 3.90. The lowest BCUT2D eigenvalue weighted by Crippen LogP contribution is -2.02. The third kappa shape index (κ3) is 2.91. The predicted molar refractivity (Wildman–Crippen MR) is 70.2 cm³/mol. The highest BCUT2D eigenvalue weighted by molar-refractivity contribution is 8.13. The van der Waals surface area contributed by atoms with Gasteiger partial charge in [0.2, 0.25) is 0 Å². The number of aromatic nitrogens is 2. The molecule has 2 rings (SSSR count). The molecule has 0 radical (unpaired) electrons. The zero-order chi connectivity index (χ0) is 13.2. The molecule has 0 fully saturated rings. The first-order valence-electron chi connectivity index (χ1n) is 5.55. The molecule has 0 aliphatic carbocycles. The van der Waals surface area contributed by atoms with E-state index in [-0.39, 0.29) is 5.03 Å². The van der Waals surface area contributed by atoms with E-state index in [1.807, 2.05) is 41.8 Å². The van der Waals surface area contributed by atoms with Crippen LogP contribution in [0.3, 0.4) is 0 Å². The zero-order valence-corrected chi connectivity index (χ0v) is 11.4. The van der Waals surface area contributed by atoms with Gasteiger partial charge in [-0.3, -0.25) is 0 Å². The summed E-state index contributed by atoms with van der Waals surface area (Å²) in [6, 6.07) is 9.78. The molecule has 1 aromatic carbocycles. The van der Waals surface area contributed by atoms with Crippen LogP contribution in [-0.2, 0) is 22.0 Å². The van der Waals surface area contributed by atoms with Gasteiger partial charge in [0.25, 0.3) is 9.05 Å². The van der Waals surface area contributed by atoms with Crippen molar-refractivity contribution in [3.05, 3.63) is 47.9 Å². The maximum absolute atomic E-state index is 11.3. The number of aryl methyl sites for hydroxylation is 1. The topological polar surface area (TPSA) is 52.0 Å². The molecule has 0 saturated heterocycles. The Balaban J connectivity index is 2.36. The van der Waals surface area contributed by atoms with E-state index in [1.54, 1.807) is 0 Å². The van der Waals surface area contributed by atoms with Crippen LogP contribution in [0.5, 0.6) is 0 Å². The molecule has 6 heteroatoms. The molecule has 0 atom stereocenters. The van der Waals surface area contributed by atoms with Crippen LogP contribution in [0.2, 0.25) is 0 Å². The van der Waals surface area contributed by atoms with Crippen LogP contribution in [0, 0.1) is 0 Å². The summed E-state index contributed by atoms with van der Waals surface area (Å²) in [6.07, 6.45) is 2.13. The zero-order valence-electron chi connectivity index (χ0n) is 9.88. The van der Waals surface area contributed by atoms with E-state index in [9.17, 15) is 8.42 Å². The van der Waals surface area contributed by atoms with Crippen LogP contribution in [0.15, 0.2) is 41.6 Å². The summed E-state index contributed by atoms with van der Waals surface area (Å²) in [4.78, 5) is 4.04. The summed E-state index contributed by atoms with van der Waals surface area (Å²) in [5, 5.41) is -0.0862. The van der Waals surface area contributed by atoms with Crippen molar-refractivity contribution in [2.75, 3.05) is 0 Å². The molecule has 0 aliphatic rings. The standard InChI is InChI=1S/C12H13ClN2O2S/c1-2-11-14-12(18(13,16)17)9-15(11)8-10-6-4-3-5-7-10/h3-7,9H,2,8H2,1H3. The maximum Gasteiger partial charge on any atom is 0.280 e. The van der Waals surface area contributed by atoms with Crippen LogP contribution >= 0.6 is 10.7 Å². The van der Waals surface area contributed by atoms with Crippen molar-refractivity contribution < 1.29 is 8.42 Å². The number of hydrogen-bond acceptors (Lipinski definition) is 3. The summed E-state index contributed by atoms with van der Waals surface area (Å²) >= 11 is 0. The summed E-state index contributed by atoms with van der Waals surface area (Å²) in [5.41, 5.74) is 1.09. The molecule has 0 N–H and O–H groups in total. The first kappa shape index (κ1) is 13.1. The third-order valence-corrected chi connectivity index (χ3v) is 3.77. The average molecular weight is 285 g/mol. The number of rotatable bonds is 4. The summed E-state index contributed by atoms with van der Waals surface area (Å²) < 4.78 is 24.3. The summed E-state index contributed by atoms with van der Waals surface area (Å²) in [7, 11) is 1.53. The second kappa shape index (κ2) is 5.12. The van der Waals surface area contributed by atoms with Crippen LogP contribution in [-0.4, -0.2) is 18.0 Å². The lowest BCUT2D eigenvalue weighted by molar-refractivity contribution is 0.606. The Morgan fingerprint density at radius 2 is 1.94 bits per heavy atom. The lowest BCUT2D eigenvalue weighted by Gasteiger charge is -2.05. The molecule has 0 unspecified atom stereocenters. The molecular weight excluding hydrogens is 272 g/mol. The first-order valence-corrected chi connectivity index (χ1v) is 7.86. The fraction of sp³-hybridized carbons (Fsp3) is 0.250. The van der Waals surface area contributed by atoms with Gasteiger partial charge in [0.15, 0.2) is 5.03 Å².